The van der Waals surface area contributed by atoms with Gasteiger partial charge in [0.15, 0.2) is 0 Å². The van der Waals surface area contributed by atoms with Crippen LogP contribution in [0.3, 0.4) is 0 Å². The maximum atomic E-state index is 11.1. The normalized spacial score (nSPS) is 33.8. The molecule has 2 bridgehead atoms. The summed E-state index contributed by atoms with van der Waals surface area (Å²) in [5, 5.41) is 11.1. The highest BCUT2D eigenvalue weighted by molar-refractivity contribution is 6.90. The highest BCUT2D eigenvalue weighted by atomic mass is 28.4. The van der Waals surface area contributed by atoms with Gasteiger partial charge in [-0.15, -0.1) is 0 Å². The van der Waals surface area contributed by atoms with Gasteiger partial charge in [-0.25, -0.2) is 0 Å². The first-order chi connectivity index (χ1) is 15.2. The zero-order valence-electron chi connectivity index (χ0n) is 22.3. The maximum absolute atomic E-state index is 11.1. The number of hydrogen-bond acceptors (Lipinski definition) is 4. The van der Waals surface area contributed by atoms with Crippen molar-refractivity contribution in [2.24, 2.45) is 17.3 Å². The Bertz CT molecular complexity index is 854. The number of rotatable bonds is 8. The third-order valence-electron chi connectivity index (χ3n) is 8.91. The average Bonchev–Trinajstić information content (AvgIpc) is 3.09. The summed E-state index contributed by atoms with van der Waals surface area (Å²) >= 11 is 0. The molecule has 5 rings (SSSR count). The summed E-state index contributed by atoms with van der Waals surface area (Å²) in [5.74, 6) is 2.64. The Labute approximate surface area is 204 Å². The van der Waals surface area contributed by atoms with Crippen LogP contribution in [0.2, 0.25) is 39.3 Å². The van der Waals surface area contributed by atoms with Crippen molar-refractivity contribution in [2.45, 2.75) is 103 Å². The zero-order valence-corrected chi connectivity index (χ0v) is 24.3. The van der Waals surface area contributed by atoms with Crippen LogP contribution in [0.1, 0.15) is 51.5 Å². The lowest BCUT2D eigenvalue weighted by atomic mass is 9.43. The minimum atomic E-state index is -1.63. The molecule has 3 saturated carbocycles. The highest BCUT2D eigenvalue weighted by Crippen LogP contribution is 2.63. The molecule has 3 aliphatic carbocycles. The number of fused-ring (bicyclic) bond motifs is 3. The van der Waals surface area contributed by atoms with E-state index in [0.29, 0.717) is 17.8 Å². The van der Waals surface area contributed by atoms with Crippen LogP contribution < -0.4 is 4.74 Å². The minimum Gasteiger partial charge on any atom is -0.493 e. The Morgan fingerprint density at radius 3 is 2.33 bits per heavy atom. The van der Waals surface area contributed by atoms with Crippen LogP contribution in [-0.2, 0) is 4.65 Å². The fraction of sp³-hybridized carbons (Fsp3) is 0.769. The molecule has 1 N–H and O–H groups in total. The van der Waals surface area contributed by atoms with Crippen LogP contribution in [0.5, 0.6) is 5.75 Å². The van der Waals surface area contributed by atoms with Crippen molar-refractivity contribution in [2.75, 3.05) is 6.61 Å². The molecule has 1 aromatic carbocycles. The summed E-state index contributed by atoms with van der Waals surface area (Å²) < 4.78 is 15.7. The van der Waals surface area contributed by atoms with Crippen molar-refractivity contribution >= 4 is 24.0 Å². The average molecular weight is 487 g/mol. The number of ether oxygens (including phenoxy) is 1. The molecule has 0 amide bonds. The molecule has 4 nitrogen and oxygen atoms in total. The van der Waals surface area contributed by atoms with Crippen molar-refractivity contribution in [1.82, 2.24) is 4.23 Å². The minimum absolute atomic E-state index is 0.216. The van der Waals surface area contributed by atoms with Gasteiger partial charge in [-0.3, -0.25) is 0 Å². The quantitative estimate of drug-likeness (QED) is 0.481. The molecule has 0 saturated heterocycles. The number of aliphatic hydroxyl groups is 1. The van der Waals surface area contributed by atoms with Gasteiger partial charge in [-0.2, -0.15) is 0 Å². The van der Waals surface area contributed by atoms with E-state index in [0.717, 1.165) is 25.2 Å². The lowest BCUT2D eigenvalue weighted by Crippen LogP contribution is -2.69. The van der Waals surface area contributed by atoms with Gasteiger partial charge in [0.2, 0.25) is 0 Å². The van der Waals surface area contributed by atoms with Gasteiger partial charge in [0, 0.05) is 11.5 Å². The summed E-state index contributed by atoms with van der Waals surface area (Å²) in [6.45, 7) is 22.4. The van der Waals surface area contributed by atoms with Gasteiger partial charge < -0.3 is 18.7 Å². The monoisotopic (exact) mass is 486 g/mol. The SMILES string of the molecule is CC1(C)[C@@H]2C[C@@H](O)[C@@](C)(O[B][C@H](CC3COc4ccccc43)N([Si](C)(C)C)[Si](C)(C)C)[C@H]1C2. The number of hydrogen-bond donors (Lipinski definition) is 1. The van der Waals surface area contributed by atoms with Gasteiger partial charge in [0.1, 0.15) is 22.2 Å². The highest BCUT2D eigenvalue weighted by Gasteiger charge is 2.63. The fourth-order valence-electron chi connectivity index (χ4n) is 7.45. The molecule has 3 fully saturated rings. The van der Waals surface area contributed by atoms with E-state index in [-0.39, 0.29) is 11.4 Å². The van der Waals surface area contributed by atoms with Crippen molar-refractivity contribution in [3.05, 3.63) is 29.8 Å². The molecule has 1 aromatic rings. The van der Waals surface area contributed by atoms with E-state index in [4.69, 9.17) is 9.39 Å². The third kappa shape index (κ3) is 4.53. The molecule has 0 aromatic heterocycles. The molecular weight excluding hydrogens is 441 g/mol. The molecular formula is C26H45BNO3Si2. The van der Waals surface area contributed by atoms with E-state index in [1.54, 1.807) is 0 Å². The van der Waals surface area contributed by atoms with Crippen LogP contribution in [0.25, 0.3) is 0 Å². The van der Waals surface area contributed by atoms with Crippen molar-refractivity contribution < 1.29 is 14.5 Å². The number of benzene rings is 1. The largest absolute Gasteiger partial charge is 0.493 e. The summed E-state index contributed by atoms with van der Waals surface area (Å²) in [7, 11) is -1.12. The van der Waals surface area contributed by atoms with Gasteiger partial charge in [-0.1, -0.05) is 71.3 Å². The maximum Gasteiger partial charge on any atom is 0.310 e. The first-order valence-corrected chi connectivity index (χ1v) is 19.8. The summed E-state index contributed by atoms with van der Waals surface area (Å²) in [6.07, 6.45) is 2.63. The van der Waals surface area contributed by atoms with Crippen molar-refractivity contribution in [3.63, 3.8) is 0 Å². The van der Waals surface area contributed by atoms with Crippen molar-refractivity contribution in [3.8, 4) is 5.75 Å². The predicted octanol–water partition coefficient (Wildman–Crippen LogP) is 5.67. The van der Waals surface area contributed by atoms with Crippen LogP contribution in [-0.4, -0.2) is 57.5 Å². The Morgan fingerprint density at radius 1 is 1.09 bits per heavy atom. The molecule has 1 radical (unpaired) electrons. The van der Waals surface area contributed by atoms with Gasteiger partial charge >= 0.3 is 7.48 Å². The molecule has 4 aliphatic rings. The number of nitrogens with zero attached hydrogens (tertiary/aromatic N) is 1. The van der Waals surface area contributed by atoms with Gasteiger partial charge in [0.25, 0.3) is 0 Å². The summed E-state index contributed by atoms with van der Waals surface area (Å²) in [4.78, 5) is 0. The molecule has 6 atom stereocenters. The Hall–Kier alpha value is -0.601. The van der Waals surface area contributed by atoms with E-state index >= 15 is 0 Å². The van der Waals surface area contributed by atoms with Gasteiger partial charge in [0.05, 0.1) is 18.3 Å². The Kier molecular flexibility index (Phi) is 6.57. The first kappa shape index (κ1) is 25.5. The molecule has 1 unspecified atom stereocenters. The number of aliphatic hydroxyl groups excluding tert-OH is 1. The Balaban J connectivity index is 1.60. The smallest absolute Gasteiger partial charge is 0.310 e. The lowest BCUT2D eigenvalue weighted by molar-refractivity contribution is -0.234. The van der Waals surface area contributed by atoms with Crippen LogP contribution in [0, 0.1) is 17.3 Å². The van der Waals surface area contributed by atoms with Crippen LogP contribution in [0.4, 0.5) is 0 Å². The third-order valence-corrected chi connectivity index (χ3v) is 16.5. The second kappa shape index (κ2) is 8.51. The second-order valence-corrected chi connectivity index (χ2v) is 23.7. The summed E-state index contributed by atoms with van der Waals surface area (Å²) in [5.41, 5.74) is 1.06. The van der Waals surface area contributed by atoms with E-state index < -0.39 is 28.2 Å². The van der Waals surface area contributed by atoms with Gasteiger partial charge in [-0.05, 0) is 55.4 Å². The van der Waals surface area contributed by atoms with Crippen molar-refractivity contribution in [1.29, 1.82) is 0 Å². The molecule has 0 spiro atoms. The fourth-order valence-corrected chi connectivity index (χ4v) is 17.8. The zero-order chi connectivity index (χ0) is 24.4. The molecule has 1 heterocycles. The Morgan fingerprint density at radius 2 is 1.73 bits per heavy atom. The van der Waals surface area contributed by atoms with E-state index in [9.17, 15) is 5.11 Å². The predicted molar refractivity (Wildman–Crippen MR) is 143 cm³/mol. The van der Waals surface area contributed by atoms with E-state index in [1.165, 1.54) is 12.0 Å². The van der Waals surface area contributed by atoms with E-state index in [2.05, 4.69) is 96.0 Å². The molecule has 33 heavy (non-hydrogen) atoms. The lowest BCUT2D eigenvalue weighted by Gasteiger charge is -2.66. The van der Waals surface area contributed by atoms with Crippen LogP contribution in [0.15, 0.2) is 24.3 Å². The summed E-state index contributed by atoms with van der Waals surface area (Å²) in [6, 6.07) is 8.50. The topological polar surface area (TPSA) is 41.9 Å². The van der Waals surface area contributed by atoms with Crippen LogP contribution >= 0.6 is 0 Å². The number of para-hydroxylation sites is 1. The van der Waals surface area contributed by atoms with E-state index in [1.807, 2.05) is 0 Å². The molecule has 1 aliphatic heterocycles. The standard InChI is InChI=1S/C26H45BNO3Si2/c1-25(2)19-15-22(25)26(3,23(29)16-19)31-27-24(28(32(4,5)6)33(7,8)9)14-18-17-30-21-13-11-10-12-20(18)21/h10-13,18-19,22-24,29H,14-17H2,1-9H3/t18?,19-,22-,23+,24-,26-/m0/s1. The molecule has 7 heteroatoms. The second-order valence-electron chi connectivity index (χ2n) is 13.6. The molecule has 183 valence electrons. The first-order valence-electron chi connectivity index (χ1n) is 12.9.